The van der Waals surface area contributed by atoms with Crippen LogP contribution in [0.25, 0.3) is 0 Å². The van der Waals surface area contributed by atoms with Crippen LogP contribution in [0.2, 0.25) is 5.02 Å². The van der Waals surface area contributed by atoms with E-state index >= 15 is 0 Å². The lowest BCUT2D eigenvalue weighted by molar-refractivity contribution is 0.198. The second-order valence-electron chi connectivity index (χ2n) is 3.22. The summed E-state index contributed by atoms with van der Waals surface area (Å²) in [5.74, 6) is 0.0130. The Morgan fingerprint density at radius 1 is 1.62 bits per heavy atom. The van der Waals surface area contributed by atoms with Gasteiger partial charge in [0.15, 0.2) is 0 Å². The van der Waals surface area contributed by atoms with Crippen molar-refractivity contribution < 1.29 is 9.84 Å². The maximum atomic E-state index is 9.26. The molecule has 0 spiro atoms. The first-order chi connectivity index (χ1) is 7.69. The largest absolute Gasteiger partial charge is 0.506 e. The van der Waals surface area contributed by atoms with Crippen molar-refractivity contribution in [3.8, 4) is 11.8 Å². The fraction of sp³-hybridized carbons (Fsp3) is 0.364. The van der Waals surface area contributed by atoms with Crippen LogP contribution in [0, 0.1) is 11.3 Å². The highest BCUT2D eigenvalue weighted by Crippen LogP contribution is 2.26. The van der Waals surface area contributed by atoms with E-state index in [0.29, 0.717) is 13.2 Å². The molecule has 0 bridgehead atoms. The summed E-state index contributed by atoms with van der Waals surface area (Å²) in [5.41, 5.74) is 0.724. The van der Waals surface area contributed by atoms with Gasteiger partial charge in [-0.05, 0) is 17.7 Å². The van der Waals surface area contributed by atoms with Crippen LogP contribution >= 0.6 is 11.6 Å². The highest BCUT2D eigenvalue weighted by molar-refractivity contribution is 6.32. The molecule has 0 saturated heterocycles. The Kier molecular flexibility index (Phi) is 5.06. The van der Waals surface area contributed by atoms with Crippen molar-refractivity contribution in [2.75, 3.05) is 20.3 Å². The number of phenols is 1. The van der Waals surface area contributed by atoms with Crippen LogP contribution in [-0.4, -0.2) is 25.4 Å². The molecular weight excluding hydrogens is 228 g/mol. The van der Waals surface area contributed by atoms with Crippen molar-refractivity contribution in [3.05, 3.63) is 28.8 Å². The third kappa shape index (κ3) is 3.38. The van der Waals surface area contributed by atoms with E-state index in [0.717, 1.165) is 5.56 Å². The highest BCUT2D eigenvalue weighted by Gasteiger charge is 2.11. The Balaban J connectivity index is 2.72. The minimum Gasteiger partial charge on any atom is -0.506 e. The Bertz CT molecular complexity index is 390. The molecule has 1 unspecified atom stereocenters. The zero-order valence-electron chi connectivity index (χ0n) is 8.90. The quantitative estimate of drug-likeness (QED) is 0.771. The van der Waals surface area contributed by atoms with Crippen LogP contribution in [0.3, 0.4) is 0 Å². The highest BCUT2D eigenvalue weighted by atomic mass is 35.5. The van der Waals surface area contributed by atoms with Crippen LogP contribution in [0.15, 0.2) is 18.2 Å². The van der Waals surface area contributed by atoms with Gasteiger partial charge in [0.05, 0.1) is 17.7 Å². The van der Waals surface area contributed by atoms with Crippen LogP contribution in [-0.2, 0) is 4.74 Å². The molecule has 1 rings (SSSR count). The molecule has 0 amide bonds. The number of phenolic OH excluding ortho intramolecular Hbond substituents is 1. The molecule has 0 radical (unpaired) electrons. The van der Waals surface area contributed by atoms with Crippen molar-refractivity contribution >= 4 is 11.6 Å². The van der Waals surface area contributed by atoms with Crippen molar-refractivity contribution in [2.45, 2.75) is 6.04 Å². The van der Waals surface area contributed by atoms with Crippen LogP contribution in [0.1, 0.15) is 11.6 Å². The minimum atomic E-state index is -0.451. The van der Waals surface area contributed by atoms with Crippen molar-refractivity contribution in [1.29, 1.82) is 5.26 Å². The predicted molar refractivity (Wildman–Crippen MR) is 61.3 cm³/mol. The summed E-state index contributed by atoms with van der Waals surface area (Å²) >= 11 is 5.76. The standard InChI is InChI=1S/C11H13ClN2O2/c1-16-5-4-14-10(7-13)8-2-3-11(15)9(12)6-8/h2-3,6,10,14-15H,4-5H2,1H3. The molecule has 0 aliphatic carbocycles. The summed E-state index contributed by atoms with van der Waals surface area (Å²) in [7, 11) is 1.60. The molecular formula is C11H13ClN2O2. The maximum absolute atomic E-state index is 9.26. The lowest BCUT2D eigenvalue weighted by atomic mass is 10.1. The second-order valence-corrected chi connectivity index (χ2v) is 3.63. The Morgan fingerprint density at radius 3 is 2.94 bits per heavy atom. The Labute approximate surface area is 99.4 Å². The van der Waals surface area contributed by atoms with Gasteiger partial charge in [-0.2, -0.15) is 5.26 Å². The molecule has 0 saturated carbocycles. The van der Waals surface area contributed by atoms with Gasteiger partial charge in [0.2, 0.25) is 0 Å². The summed E-state index contributed by atoms with van der Waals surface area (Å²) in [5, 5.41) is 21.5. The average Bonchev–Trinajstić information content (AvgIpc) is 2.29. The molecule has 1 aromatic carbocycles. The van der Waals surface area contributed by atoms with E-state index in [4.69, 9.17) is 21.6 Å². The summed E-state index contributed by atoms with van der Waals surface area (Å²) < 4.78 is 4.88. The van der Waals surface area contributed by atoms with E-state index in [1.54, 1.807) is 19.2 Å². The van der Waals surface area contributed by atoms with Crippen LogP contribution < -0.4 is 5.32 Å². The zero-order valence-corrected chi connectivity index (χ0v) is 9.66. The number of aromatic hydroxyl groups is 1. The summed E-state index contributed by atoms with van der Waals surface area (Å²) in [4.78, 5) is 0. The number of hydrogen-bond acceptors (Lipinski definition) is 4. The monoisotopic (exact) mass is 240 g/mol. The van der Waals surface area contributed by atoms with E-state index in [1.807, 2.05) is 0 Å². The molecule has 16 heavy (non-hydrogen) atoms. The van der Waals surface area contributed by atoms with Gasteiger partial charge in [0, 0.05) is 13.7 Å². The second kappa shape index (κ2) is 6.33. The smallest absolute Gasteiger partial charge is 0.134 e. The molecule has 4 nitrogen and oxygen atoms in total. The number of nitrogens with one attached hydrogen (secondary N) is 1. The van der Waals surface area contributed by atoms with Crippen molar-refractivity contribution in [1.82, 2.24) is 5.32 Å². The Morgan fingerprint density at radius 2 is 2.38 bits per heavy atom. The van der Waals surface area contributed by atoms with Gasteiger partial charge in [-0.15, -0.1) is 0 Å². The predicted octanol–water partition coefficient (Wildman–Crippen LogP) is 1.85. The van der Waals surface area contributed by atoms with E-state index in [2.05, 4.69) is 11.4 Å². The van der Waals surface area contributed by atoms with E-state index in [9.17, 15) is 5.11 Å². The Hall–Kier alpha value is -1.28. The number of nitriles is 1. The van der Waals surface area contributed by atoms with Gasteiger partial charge >= 0.3 is 0 Å². The first-order valence-corrected chi connectivity index (χ1v) is 5.17. The first kappa shape index (κ1) is 12.8. The number of benzene rings is 1. The number of nitrogens with zero attached hydrogens (tertiary/aromatic N) is 1. The van der Waals surface area contributed by atoms with E-state index in [-0.39, 0.29) is 10.8 Å². The normalized spacial score (nSPS) is 12.1. The zero-order chi connectivity index (χ0) is 12.0. The first-order valence-electron chi connectivity index (χ1n) is 4.79. The fourth-order valence-corrected chi connectivity index (χ4v) is 1.44. The summed E-state index contributed by atoms with van der Waals surface area (Å²) in [6.45, 7) is 1.11. The van der Waals surface area contributed by atoms with Gasteiger partial charge in [-0.3, -0.25) is 5.32 Å². The van der Waals surface area contributed by atoms with Gasteiger partial charge in [-0.25, -0.2) is 0 Å². The summed E-state index contributed by atoms with van der Waals surface area (Å²) in [6, 6.07) is 6.37. The molecule has 0 fully saturated rings. The lowest BCUT2D eigenvalue weighted by Gasteiger charge is -2.12. The van der Waals surface area contributed by atoms with E-state index < -0.39 is 6.04 Å². The van der Waals surface area contributed by atoms with Crippen LogP contribution in [0.4, 0.5) is 0 Å². The number of halogens is 1. The maximum Gasteiger partial charge on any atom is 0.134 e. The molecule has 0 aliphatic rings. The molecule has 86 valence electrons. The molecule has 0 aliphatic heterocycles. The van der Waals surface area contributed by atoms with Crippen molar-refractivity contribution in [3.63, 3.8) is 0 Å². The molecule has 1 aromatic rings. The van der Waals surface area contributed by atoms with E-state index in [1.165, 1.54) is 6.07 Å². The number of rotatable bonds is 5. The molecule has 0 heterocycles. The van der Waals surface area contributed by atoms with Gasteiger partial charge in [0.25, 0.3) is 0 Å². The molecule has 2 N–H and O–H groups in total. The molecule has 1 atom stereocenters. The number of methoxy groups -OCH3 is 1. The number of hydrogen-bond donors (Lipinski definition) is 2. The van der Waals surface area contributed by atoms with Gasteiger partial charge in [-0.1, -0.05) is 17.7 Å². The lowest BCUT2D eigenvalue weighted by Crippen LogP contribution is -2.23. The average molecular weight is 241 g/mol. The minimum absolute atomic E-state index is 0.0130. The fourth-order valence-electron chi connectivity index (χ4n) is 1.25. The molecule has 0 aromatic heterocycles. The van der Waals surface area contributed by atoms with Gasteiger partial charge in [0.1, 0.15) is 11.8 Å². The SMILES string of the molecule is COCCNC(C#N)c1ccc(O)c(Cl)c1. The molecule has 5 heteroatoms. The number of ether oxygens (including phenoxy) is 1. The third-order valence-electron chi connectivity index (χ3n) is 2.09. The van der Waals surface area contributed by atoms with Gasteiger partial charge < -0.3 is 9.84 Å². The van der Waals surface area contributed by atoms with Crippen LogP contribution in [0.5, 0.6) is 5.75 Å². The summed E-state index contributed by atoms with van der Waals surface area (Å²) in [6.07, 6.45) is 0. The van der Waals surface area contributed by atoms with Crippen molar-refractivity contribution in [2.24, 2.45) is 0 Å². The third-order valence-corrected chi connectivity index (χ3v) is 2.39. The topological polar surface area (TPSA) is 65.3 Å².